The number of aryl methyl sites for hydroxylation is 1. The van der Waals surface area contributed by atoms with Crippen molar-refractivity contribution in [2.75, 3.05) is 11.9 Å². The van der Waals surface area contributed by atoms with Crippen LogP contribution in [0.15, 0.2) is 21.5 Å². The SMILES string of the molecule is NS(=NC(=O)Nc1c2c(cc3c1CCC3=O)CCC2)c1cnn2c1OCC(O)C2. The number of aliphatic hydroxyl groups is 1. The molecule has 9 nitrogen and oxygen atoms in total. The lowest BCUT2D eigenvalue weighted by molar-refractivity contribution is 0.0539. The van der Waals surface area contributed by atoms with Gasteiger partial charge in [-0.1, -0.05) is 0 Å². The van der Waals surface area contributed by atoms with Crippen molar-refractivity contribution in [3.63, 3.8) is 0 Å². The van der Waals surface area contributed by atoms with Crippen molar-refractivity contribution in [3.05, 3.63) is 34.5 Å². The van der Waals surface area contributed by atoms with Crippen LogP contribution in [0.1, 0.15) is 39.9 Å². The number of aliphatic hydroxyl groups excluding tert-OH is 1. The van der Waals surface area contributed by atoms with Gasteiger partial charge in [0.15, 0.2) is 5.78 Å². The Morgan fingerprint density at radius 3 is 3.07 bits per heavy atom. The van der Waals surface area contributed by atoms with E-state index in [4.69, 9.17) is 9.88 Å². The van der Waals surface area contributed by atoms with Crippen molar-refractivity contribution in [1.29, 1.82) is 0 Å². The van der Waals surface area contributed by atoms with Gasteiger partial charge in [0.1, 0.15) is 17.6 Å². The molecule has 0 radical (unpaired) electrons. The zero-order valence-corrected chi connectivity index (χ0v) is 16.5. The van der Waals surface area contributed by atoms with Gasteiger partial charge in [-0.2, -0.15) is 9.46 Å². The van der Waals surface area contributed by atoms with E-state index in [0.29, 0.717) is 30.2 Å². The van der Waals surface area contributed by atoms with Crippen LogP contribution < -0.4 is 15.2 Å². The summed E-state index contributed by atoms with van der Waals surface area (Å²) in [6, 6.07) is 1.45. The van der Waals surface area contributed by atoms with Crippen molar-refractivity contribution >= 4 is 28.4 Å². The fourth-order valence-corrected chi connectivity index (χ4v) is 5.12. The Bertz CT molecular complexity index is 1080. The van der Waals surface area contributed by atoms with Crippen LogP contribution in [0.25, 0.3) is 0 Å². The number of nitrogens with zero attached hydrogens (tertiary/aromatic N) is 3. The summed E-state index contributed by atoms with van der Waals surface area (Å²) in [5.41, 5.74) is 4.63. The van der Waals surface area contributed by atoms with Crippen molar-refractivity contribution < 1.29 is 19.4 Å². The summed E-state index contributed by atoms with van der Waals surface area (Å²) >= 11 is 0. The number of rotatable bonds is 2. The number of aromatic nitrogens is 2. The summed E-state index contributed by atoms with van der Waals surface area (Å²) in [4.78, 5) is 25.4. The predicted octanol–water partition coefficient (Wildman–Crippen LogP) is 1.52. The van der Waals surface area contributed by atoms with Crippen LogP contribution in [-0.2, 0) is 36.7 Å². The fourth-order valence-electron chi connectivity index (χ4n) is 4.29. The number of Topliss-reactive ketones (excluding diaryl/α,β-unsaturated/α-hetero) is 1. The van der Waals surface area contributed by atoms with Crippen molar-refractivity contribution in [2.24, 2.45) is 9.50 Å². The number of amides is 2. The van der Waals surface area contributed by atoms with Crippen LogP contribution in [0.5, 0.6) is 5.88 Å². The van der Waals surface area contributed by atoms with Gasteiger partial charge in [-0.25, -0.2) is 9.48 Å². The second-order valence-electron chi connectivity index (χ2n) is 7.49. The van der Waals surface area contributed by atoms with Crippen molar-refractivity contribution in [1.82, 2.24) is 9.78 Å². The lowest BCUT2D eigenvalue weighted by Gasteiger charge is -2.20. The van der Waals surface area contributed by atoms with E-state index in [1.54, 1.807) is 0 Å². The van der Waals surface area contributed by atoms with Gasteiger partial charge in [0.2, 0.25) is 5.88 Å². The Labute approximate surface area is 169 Å². The molecule has 10 heteroatoms. The van der Waals surface area contributed by atoms with E-state index in [-0.39, 0.29) is 12.4 Å². The molecule has 1 aromatic heterocycles. The molecule has 4 N–H and O–H groups in total. The molecule has 0 bridgehead atoms. The van der Waals surface area contributed by atoms with Gasteiger partial charge in [0, 0.05) is 28.5 Å². The van der Waals surface area contributed by atoms with Crippen LogP contribution in [0.4, 0.5) is 10.5 Å². The molecule has 2 atom stereocenters. The van der Waals surface area contributed by atoms with Gasteiger partial charge in [-0.15, -0.1) is 0 Å². The third-order valence-corrected chi connectivity index (χ3v) is 6.70. The van der Waals surface area contributed by atoms with Gasteiger partial charge in [-0.3, -0.25) is 9.93 Å². The van der Waals surface area contributed by atoms with Gasteiger partial charge in [0.05, 0.1) is 12.7 Å². The molecule has 2 aliphatic carbocycles. The monoisotopic (exact) mass is 415 g/mol. The Kier molecular flexibility index (Phi) is 4.49. The highest BCUT2D eigenvalue weighted by Gasteiger charge is 2.29. The van der Waals surface area contributed by atoms with E-state index < -0.39 is 23.0 Å². The number of carbonyl (C=O) groups excluding carboxylic acids is 2. The highest BCUT2D eigenvalue weighted by molar-refractivity contribution is 7.85. The number of hydrogen-bond donors (Lipinski definition) is 3. The minimum atomic E-state index is -1.25. The summed E-state index contributed by atoms with van der Waals surface area (Å²) in [5.74, 6) is 0.566. The summed E-state index contributed by atoms with van der Waals surface area (Å²) < 4.78 is 11.1. The number of carbonyl (C=O) groups is 2. The topological polar surface area (TPSA) is 132 Å². The second-order valence-corrected chi connectivity index (χ2v) is 8.74. The summed E-state index contributed by atoms with van der Waals surface area (Å²) in [7, 11) is -1.25. The van der Waals surface area contributed by atoms with E-state index in [0.717, 1.165) is 47.2 Å². The maximum atomic E-state index is 12.7. The normalized spacial score (nSPS) is 20.8. The van der Waals surface area contributed by atoms with Crippen molar-refractivity contribution in [3.8, 4) is 5.88 Å². The van der Waals surface area contributed by atoms with E-state index >= 15 is 0 Å². The number of benzene rings is 1. The number of nitrogens with one attached hydrogen (secondary N) is 1. The van der Waals surface area contributed by atoms with Crippen LogP contribution in [-0.4, -0.2) is 39.4 Å². The zero-order valence-electron chi connectivity index (χ0n) is 15.7. The first kappa shape index (κ1) is 18.5. The Balaban J connectivity index is 1.44. The zero-order chi connectivity index (χ0) is 20.1. The number of ether oxygens (including phenoxy) is 1. The molecule has 2 amide bonds. The highest BCUT2D eigenvalue weighted by Crippen LogP contribution is 2.38. The van der Waals surface area contributed by atoms with E-state index in [2.05, 4.69) is 14.8 Å². The van der Waals surface area contributed by atoms with Gasteiger partial charge >= 0.3 is 6.03 Å². The summed E-state index contributed by atoms with van der Waals surface area (Å²) in [6.07, 6.45) is 4.82. The molecule has 2 aromatic rings. The van der Waals surface area contributed by atoms with Crippen LogP contribution >= 0.6 is 0 Å². The number of urea groups is 1. The number of hydrogen-bond acceptors (Lipinski definition) is 5. The minimum Gasteiger partial charge on any atom is -0.474 e. The number of ketones is 1. The molecule has 2 heterocycles. The molecule has 0 saturated carbocycles. The van der Waals surface area contributed by atoms with E-state index in [1.807, 2.05) is 6.07 Å². The first-order chi connectivity index (χ1) is 14.0. The Hall–Kier alpha value is -2.56. The summed E-state index contributed by atoms with van der Waals surface area (Å²) in [5, 5.41) is 22.9. The summed E-state index contributed by atoms with van der Waals surface area (Å²) in [6.45, 7) is 0.466. The fraction of sp³-hybridized carbons (Fsp3) is 0.421. The number of nitrogens with two attached hydrogens (primary N) is 1. The molecule has 3 aliphatic rings. The maximum Gasteiger partial charge on any atom is 0.352 e. The third-order valence-electron chi connectivity index (χ3n) is 5.60. The standard InChI is InChI=1S/C19H21N5O4S/c20-29(16-7-21-24-8-11(25)9-28-18(16)24)23-19(27)22-17-12-3-1-2-10(12)6-14-13(17)4-5-15(14)26/h6-7,11,25H,1-5,8-9H2,(H3,20,22,23,27). The molecule has 0 fully saturated rings. The quantitative estimate of drug-likeness (QED) is 0.681. The van der Waals surface area contributed by atoms with Crippen LogP contribution in [0, 0.1) is 0 Å². The molecule has 152 valence electrons. The van der Waals surface area contributed by atoms with E-state index in [1.165, 1.54) is 10.9 Å². The molecular formula is C19H21N5O4S. The third kappa shape index (κ3) is 3.17. The minimum absolute atomic E-state index is 0.131. The first-order valence-electron chi connectivity index (χ1n) is 9.60. The number of fused-ring (bicyclic) bond motifs is 3. The molecule has 1 aromatic carbocycles. The molecular weight excluding hydrogens is 394 g/mol. The van der Waals surface area contributed by atoms with Gasteiger partial charge < -0.3 is 15.2 Å². The lowest BCUT2D eigenvalue weighted by Crippen LogP contribution is -2.30. The van der Waals surface area contributed by atoms with Crippen molar-refractivity contribution in [2.45, 2.75) is 49.6 Å². The molecule has 5 rings (SSSR count). The van der Waals surface area contributed by atoms with Crippen LogP contribution in [0.2, 0.25) is 0 Å². The Morgan fingerprint density at radius 1 is 1.34 bits per heavy atom. The molecule has 29 heavy (non-hydrogen) atoms. The Morgan fingerprint density at radius 2 is 2.21 bits per heavy atom. The molecule has 2 unspecified atom stereocenters. The smallest absolute Gasteiger partial charge is 0.352 e. The largest absolute Gasteiger partial charge is 0.474 e. The molecule has 0 spiro atoms. The van der Waals surface area contributed by atoms with E-state index in [9.17, 15) is 14.7 Å². The molecule has 0 saturated heterocycles. The average molecular weight is 415 g/mol. The van der Waals surface area contributed by atoms with Gasteiger partial charge in [0.25, 0.3) is 0 Å². The highest BCUT2D eigenvalue weighted by atomic mass is 32.2. The van der Waals surface area contributed by atoms with Crippen LogP contribution in [0.3, 0.4) is 0 Å². The predicted molar refractivity (Wildman–Crippen MR) is 106 cm³/mol. The average Bonchev–Trinajstić information content (AvgIpc) is 3.40. The molecule has 1 aliphatic heterocycles. The van der Waals surface area contributed by atoms with Gasteiger partial charge in [-0.05, 0) is 48.4 Å². The number of anilines is 1. The first-order valence-corrected chi connectivity index (χ1v) is 10.8. The second kappa shape index (κ2) is 7.05. The lowest BCUT2D eigenvalue weighted by atomic mass is 9.98. The maximum absolute atomic E-state index is 12.7.